The van der Waals surface area contributed by atoms with Gasteiger partial charge in [-0.15, -0.1) is 0 Å². The Balaban J connectivity index is 3.28. The summed E-state index contributed by atoms with van der Waals surface area (Å²) in [6.45, 7) is 7.12. The van der Waals surface area contributed by atoms with Gasteiger partial charge in [0.25, 0.3) is 5.69 Å². The zero-order valence-corrected chi connectivity index (χ0v) is 11.4. The van der Waals surface area contributed by atoms with Gasteiger partial charge in [-0.05, 0) is 33.8 Å². The van der Waals surface area contributed by atoms with Crippen LogP contribution >= 0.6 is 0 Å². The summed E-state index contributed by atoms with van der Waals surface area (Å²) in [5, 5.41) is 11.0. The van der Waals surface area contributed by atoms with E-state index in [0.717, 1.165) is 0 Å². The Bertz CT molecular complexity index is 490. The van der Waals surface area contributed by atoms with E-state index in [0.29, 0.717) is 6.61 Å². The van der Waals surface area contributed by atoms with Crippen molar-refractivity contribution in [2.45, 2.75) is 33.3 Å². The predicted octanol–water partition coefficient (Wildman–Crippen LogP) is 2.95. The molecule has 0 amide bonds. The highest BCUT2D eigenvalue weighted by Crippen LogP contribution is 2.30. The first kappa shape index (κ1) is 14.9. The van der Waals surface area contributed by atoms with Crippen molar-refractivity contribution in [3.63, 3.8) is 0 Å². The van der Waals surface area contributed by atoms with E-state index < -0.39 is 16.5 Å². The molecule has 0 saturated carbocycles. The van der Waals surface area contributed by atoms with Gasteiger partial charge in [-0.2, -0.15) is 0 Å². The molecule has 0 atom stereocenters. The van der Waals surface area contributed by atoms with Crippen molar-refractivity contribution in [3.8, 4) is 5.75 Å². The third-order valence-corrected chi connectivity index (χ3v) is 2.10. The first-order valence-electron chi connectivity index (χ1n) is 5.90. The lowest BCUT2D eigenvalue weighted by Gasteiger charge is -2.20. The third kappa shape index (κ3) is 3.94. The van der Waals surface area contributed by atoms with Gasteiger partial charge in [-0.1, -0.05) is 6.07 Å². The highest BCUT2D eigenvalue weighted by atomic mass is 16.6. The van der Waals surface area contributed by atoms with Crippen LogP contribution in [-0.4, -0.2) is 23.1 Å². The lowest BCUT2D eigenvalue weighted by Crippen LogP contribution is -2.24. The molecule has 0 N–H and O–H groups in total. The van der Waals surface area contributed by atoms with Crippen LogP contribution in [0.25, 0.3) is 0 Å². The fourth-order valence-corrected chi connectivity index (χ4v) is 1.48. The predicted molar refractivity (Wildman–Crippen MR) is 69.4 cm³/mol. The number of ether oxygens (including phenoxy) is 2. The molecule has 0 aromatic heterocycles. The zero-order chi connectivity index (χ0) is 14.6. The smallest absolute Gasteiger partial charge is 0.349 e. The molecule has 6 heteroatoms. The number of esters is 1. The van der Waals surface area contributed by atoms with Gasteiger partial charge in [-0.25, -0.2) is 4.79 Å². The molecular formula is C13H17NO5. The van der Waals surface area contributed by atoms with Gasteiger partial charge in [0.15, 0.2) is 5.56 Å². The van der Waals surface area contributed by atoms with Crippen LogP contribution in [0.15, 0.2) is 18.2 Å². The maximum atomic E-state index is 12.1. The highest BCUT2D eigenvalue weighted by molar-refractivity contribution is 5.97. The number of hydrogen-bond donors (Lipinski definition) is 0. The van der Waals surface area contributed by atoms with Gasteiger partial charge in [0.2, 0.25) is 0 Å². The first-order chi connectivity index (χ1) is 8.76. The van der Waals surface area contributed by atoms with Gasteiger partial charge < -0.3 is 9.47 Å². The fraction of sp³-hybridized carbons (Fsp3) is 0.462. The van der Waals surface area contributed by atoms with E-state index in [1.807, 2.05) is 0 Å². The molecule has 0 radical (unpaired) electrons. The average molecular weight is 267 g/mol. The van der Waals surface area contributed by atoms with Crippen LogP contribution in [0.4, 0.5) is 5.69 Å². The maximum absolute atomic E-state index is 12.1. The monoisotopic (exact) mass is 267 g/mol. The lowest BCUT2D eigenvalue weighted by molar-refractivity contribution is -0.385. The molecular weight excluding hydrogens is 250 g/mol. The molecule has 19 heavy (non-hydrogen) atoms. The standard InChI is InChI=1S/C13H17NO5/c1-5-18-10-8-6-7-9(14(16)17)11(10)12(15)19-13(2,3)4/h6-8H,5H2,1-4H3. The van der Waals surface area contributed by atoms with Crippen molar-refractivity contribution in [2.24, 2.45) is 0 Å². The summed E-state index contributed by atoms with van der Waals surface area (Å²) in [6.07, 6.45) is 0. The third-order valence-electron chi connectivity index (χ3n) is 2.10. The molecule has 0 aliphatic heterocycles. The molecule has 104 valence electrons. The van der Waals surface area contributed by atoms with Crippen LogP contribution in [0.1, 0.15) is 38.1 Å². The summed E-state index contributed by atoms with van der Waals surface area (Å²) in [5.41, 5.74) is -1.20. The number of nitro benzene ring substituents is 1. The summed E-state index contributed by atoms with van der Waals surface area (Å²) in [5.74, 6) is -0.603. The van der Waals surface area contributed by atoms with Crippen LogP contribution in [-0.2, 0) is 4.74 Å². The second-order valence-corrected chi connectivity index (χ2v) is 4.84. The number of nitrogens with zero attached hydrogens (tertiary/aromatic N) is 1. The van der Waals surface area contributed by atoms with E-state index in [1.165, 1.54) is 18.2 Å². The fourth-order valence-electron chi connectivity index (χ4n) is 1.48. The summed E-state index contributed by atoms with van der Waals surface area (Å²) >= 11 is 0. The number of carbonyl (C=O) groups excluding carboxylic acids is 1. The molecule has 0 fully saturated rings. The number of carbonyl (C=O) groups is 1. The molecule has 0 aliphatic carbocycles. The molecule has 0 spiro atoms. The molecule has 1 aromatic rings. The van der Waals surface area contributed by atoms with Crippen molar-refractivity contribution in [3.05, 3.63) is 33.9 Å². The molecule has 0 saturated heterocycles. The Morgan fingerprint density at radius 3 is 2.47 bits per heavy atom. The minimum absolute atomic E-state index is 0.149. The largest absolute Gasteiger partial charge is 0.493 e. The minimum atomic E-state index is -0.761. The molecule has 0 heterocycles. The van der Waals surface area contributed by atoms with Gasteiger partial charge in [-0.3, -0.25) is 10.1 Å². The second-order valence-electron chi connectivity index (χ2n) is 4.84. The molecule has 6 nitrogen and oxygen atoms in total. The molecule has 0 aliphatic rings. The van der Waals surface area contributed by atoms with E-state index in [-0.39, 0.29) is 17.0 Å². The normalized spacial score (nSPS) is 10.9. The highest BCUT2D eigenvalue weighted by Gasteiger charge is 2.29. The van der Waals surface area contributed by atoms with Crippen molar-refractivity contribution in [1.29, 1.82) is 0 Å². The summed E-state index contributed by atoms with van der Waals surface area (Å²) in [6, 6.07) is 4.23. The van der Waals surface area contributed by atoms with Crippen molar-refractivity contribution < 1.29 is 19.2 Å². The maximum Gasteiger partial charge on any atom is 0.349 e. The van der Waals surface area contributed by atoms with Crippen molar-refractivity contribution in [1.82, 2.24) is 0 Å². The molecule has 1 rings (SSSR count). The number of hydrogen-bond acceptors (Lipinski definition) is 5. The van der Waals surface area contributed by atoms with Crippen LogP contribution in [0.3, 0.4) is 0 Å². The Labute approximate surface area is 111 Å². The van der Waals surface area contributed by atoms with Gasteiger partial charge in [0, 0.05) is 6.07 Å². The Morgan fingerprint density at radius 2 is 2.00 bits per heavy atom. The first-order valence-corrected chi connectivity index (χ1v) is 5.90. The van der Waals surface area contributed by atoms with E-state index in [1.54, 1.807) is 27.7 Å². The Morgan fingerprint density at radius 1 is 1.37 bits per heavy atom. The number of benzene rings is 1. The molecule has 0 unspecified atom stereocenters. The summed E-state index contributed by atoms with van der Waals surface area (Å²) in [7, 11) is 0. The molecule has 0 bridgehead atoms. The van der Waals surface area contributed by atoms with E-state index in [4.69, 9.17) is 9.47 Å². The average Bonchev–Trinajstić information content (AvgIpc) is 2.26. The van der Waals surface area contributed by atoms with Crippen molar-refractivity contribution >= 4 is 11.7 Å². The van der Waals surface area contributed by atoms with Crippen LogP contribution in [0, 0.1) is 10.1 Å². The Kier molecular flexibility index (Phi) is 4.47. The lowest BCUT2D eigenvalue weighted by atomic mass is 10.1. The molecule has 1 aromatic carbocycles. The van der Waals surface area contributed by atoms with Gasteiger partial charge in [0.05, 0.1) is 11.5 Å². The number of rotatable bonds is 4. The van der Waals surface area contributed by atoms with Crippen LogP contribution in [0.5, 0.6) is 5.75 Å². The van der Waals surface area contributed by atoms with E-state index >= 15 is 0 Å². The zero-order valence-electron chi connectivity index (χ0n) is 11.4. The van der Waals surface area contributed by atoms with Gasteiger partial charge in [0.1, 0.15) is 11.4 Å². The van der Waals surface area contributed by atoms with Gasteiger partial charge >= 0.3 is 5.97 Å². The summed E-state index contributed by atoms with van der Waals surface area (Å²) in [4.78, 5) is 22.4. The van der Waals surface area contributed by atoms with Crippen LogP contribution < -0.4 is 4.74 Å². The SMILES string of the molecule is CCOc1cccc([N+](=O)[O-])c1C(=O)OC(C)(C)C. The van der Waals surface area contributed by atoms with Crippen molar-refractivity contribution in [2.75, 3.05) is 6.61 Å². The quantitative estimate of drug-likeness (QED) is 0.476. The topological polar surface area (TPSA) is 78.7 Å². The minimum Gasteiger partial charge on any atom is -0.493 e. The number of nitro groups is 1. The van der Waals surface area contributed by atoms with E-state index in [9.17, 15) is 14.9 Å². The Hall–Kier alpha value is -2.11. The summed E-state index contributed by atoms with van der Waals surface area (Å²) < 4.78 is 10.4. The van der Waals surface area contributed by atoms with E-state index in [2.05, 4.69) is 0 Å². The second kappa shape index (κ2) is 5.69. The van der Waals surface area contributed by atoms with Crippen LogP contribution in [0.2, 0.25) is 0 Å².